The minimum Gasteiger partial charge on any atom is -0.309 e. The molecule has 4 nitrogen and oxygen atoms in total. The molecule has 0 aliphatic heterocycles. The Labute approximate surface area is 310 Å². The summed E-state index contributed by atoms with van der Waals surface area (Å²) in [6.45, 7) is 0. The molecule has 1 aliphatic carbocycles. The molecule has 0 radical (unpaired) electrons. The van der Waals surface area contributed by atoms with Crippen molar-refractivity contribution in [1.29, 1.82) is 0 Å². The molecule has 4 heterocycles. The molecular weight excluding hydrogens is 657 g/mol. The summed E-state index contributed by atoms with van der Waals surface area (Å²) < 4.78 is 4.75. The summed E-state index contributed by atoms with van der Waals surface area (Å²) in [6.07, 6.45) is 1.89. The Morgan fingerprint density at radius 3 is 1.63 bits per heavy atom. The van der Waals surface area contributed by atoms with Gasteiger partial charge in [-0.3, -0.25) is 4.98 Å². The first-order chi connectivity index (χ1) is 26.8. The fourth-order valence-electron chi connectivity index (χ4n) is 8.90. The number of hydrogen-bond acceptors (Lipinski definition) is 2. The number of para-hydroxylation sites is 3. The molecule has 0 bridgehead atoms. The largest absolute Gasteiger partial charge is 0.309 e. The maximum atomic E-state index is 5.32. The third-order valence-corrected chi connectivity index (χ3v) is 11.3. The minimum atomic E-state index is 0.963. The van der Waals surface area contributed by atoms with Crippen LogP contribution in [-0.4, -0.2) is 19.1 Å². The number of fused-ring (bicyclic) bond motifs is 9. The monoisotopic (exact) mass is 686 g/mol. The number of aromatic nitrogens is 4. The van der Waals surface area contributed by atoms with Crippen LogP contribution in [0.15, 0.2) is 182 Å². The van der Waals surface area contributed by atoms with E-state index in [1.54, 1.807) is 0 Å². The molecule has 250 valence electrons. The molecule has 11 aromatic rings. The topological polar surface area (TPSA) is 35.6 Å². The number of benzene rings is 7. The van der Waals surface area contributed by atoms with E-state index in [0.717, 1.165) is 33.7 Å². The van der Waals surface area contributed by atoms with Gasteiger partial charge in [0.1, 0.15) is 0 Å². The summed E-state index contributed by atoms with van der Waals surface area (Å²) in [5.41, 5.74) is 17.1. The average molecular weight is 687 g/mol. The predicted molar refractivity (Wildman–Crippen MR) is 224 cm³/mol. The zero-order valence-electron chi connectivity index (χ0n) is 29.1. The number of rotatable bonds is 4. The molecule has 0 spiro atoms. The van der Waals surface area contributed by atoms with Crippen molar-refractivity contribution in [3.8, 4) is 56.1 Å². The van der Waals surface area contributed by atoms with Crippen LogP contribution in [-0.2, 0) is 0 Å². The van der Waals surface area contributed by atoms with Crippen LogP contribution in [0.25, 0.3) is 111 Å². The van der Waals surface area contributed by atoms with Crippen molar-refractivity contribution >= 4 is 54.5 Å². The van der Waals surface area contributed by atoms with Gasteiger partial charge in [0, 0.05) is 61.2 Å². The molecule has 0 amide bonds. The summed E-state index contributed by atoms with van der Waals surface area (Å²) in [5.74, 6) is 0. The second-order valence-corrected chi connectivity index (χ2v) is 14.2. The highest BCUT2D eigenvalue weighted by molar-refractivity contribution is 6.15. The summed E-state index contributed by atoms with van der Waals surface area (Å²) in [5, 5.41) is 6.10. The molecule has 1 aliphatic rings. The molecule has 4 heteroatoms. The first-order valence-electron chi connectivity index (χ1n) is 18.4. The zero-order chi connectivity index (χ0) is 35.3. The summed E-state index contributed by atoms with van der Waals surface area (Å²) >= 11 is 0. The zero-order valence-corrected chi connectivity index (χ0v) is 29.1. The standard InChI is InChI=1S/C50H30N4/c1-3-10-34(11-4-1)53-45-17-8-7-14-36(45)40-28-31(18-23-46(40)53)32-19-24-47-41(29-32)42-30-33(20-25-48(42)54(47)35-12-5-2-6-13-35)43-22-21-38-37-15-9-16-44-49(37)39(26-27-51-44)50(38)52-43/h1-30H. The highest BCUT2D eigenvalue weighted by Gasteiger charge is 2.24. The van der Waals surface area contributed by atoms with Gasteiger partial charge < -0.3 is 9.13 Å². The molecule has 7 aromatic carbocycles. The molecule has 54 heavy (non-hydrogen) atoms. The summed E-state index contributed by atoms with van der Waals surface area (Å²) in [7, 11) is 0. The highest BCUT2D eigenvalue weighted by Crippen LogP contribution is 2.46. The van der Waals surface area contributed by atoms with E-state index in [2.05, 4.69) is 190 Å². The van der Waals surface area contributed by atoms with Crippen molar-refractivity contribution in [2.75, 3.05) is 0 Å². The fourth-order valence-corrected chi connectivity index (χ4v) is 8.90. The van der Waals surface area contributed by atoms with Gasteiger partial charge in [-0.2, -0.15) is 0 Å². The van der Waals surface area contributed by atoms with Gasteiger partial charge >= 0.3 is 0 Å². The van der Waals surface area contributed by atoms with Crippen molar-refractivity contribution in [3.63, 3.8) is 0 Å². The van der Waals surface area contributed by atoms with Gasteiger partial charge in [0.25, 0.3) is 0 Å². The Morgan fingerprint density at radius 1 is 0.370 bits per heavy atom. The van der Waals surface area contributed by atoms with Gasteiger partial charge in [0.15, 0.2) is 0 Å². The second kappa shape index (κ2) is 11.1. The van der Waals surface area contributed by atoms with Crippen molar-refractivity contribution in [3.05, 3.63) is 182 Å². The van der Waals surface area contributed by atoms with Crippen LogP contribution in [0.2, 0.25) is 0 Å². The molecule has 0 fully saturated rings. The van der Waals surface area contributed by atoms with Crippen LogP contribution in [0.1, 0.15) is 0 Å². The molecule has 0 unspecified atom stereocenters. The molecule has 0 N–H and O–H groups in total. The van der Waals surface area contributed by atoms with Gasteiger partial charge in [-0.25, -0.2) is 4.98 Å². The van der Waals surface area contributed by atoms with Crippen LogP contribution in [0, 0.1) is 0 Å². The van der Waals surface area contributed by atoms with Crippen LogP contribution in [0.4, 0.5) is 0 Å². The quantitative estimate of drug-likeness (QED) is 0.185. The van der Waals surface area contributed by atoms with E-state index >= 15 is 0 Å². The predicted octanol–water partition coefficient (Wildman–Crippen LogP) is 12.8. The smallest absolute Gasteiger partial charge is 0.0795 e. The normalized spacial score (nSPS) is 12.1. The Bertz CT molecular complexity index is 3310. The minimum absolute atomic E-state index is 0.963. The lowest BCUT2D eigenvalue weighted by Gasteiger charge is -2.09. The van der Waals surface area contributed by atoms with E-state index in [-0.39, 0.29) is 0 Å². The van der Waals surface area contributed by atoms with Crippen molar-refractivity contribution < 1.29 is 0 Å². The number of nitrogens with zero attached hydrogens (tertiary/aromatic N) is 4. The summed E-state index contributed by atoms with van der Waals surface area (Å²) in [6, 6.07) is 63.5. The Hall–Kier alpha value is -7.30. The lowest BCUT2D eigenvalue weighted by Crippen LogP contribution is -1.93. The molecule has 0 saturated carbocycles. The first-order valence-corrected chi connectivity index (χ1v) is 18.4. The van der Waals surface area contributed by atoms with Crippen molar-refractivity contribution in [2.45, 2.75) is 0 Å². The van der Waals surface area contributed by atoms with Crippen molar-refractivity contribution in [2.24, 2.45) is 0 Å². The van der Waals surface area contributed by atoms with E-state index in [4.69, 9.17) is 4.98 Å². The highest BCUT2D eigenvalue weighted by atomic mass is 15.0. The van der Waals surface area contributed by atoms with E-state index < -0.39 is 0 Å². The van der Waals surface area contributed by atoms with E-state index in [9.17, 15) is 0 Å². The van der Waals surface area contributed by atoms with Crippen LogP contribution >= 0.6 is 0 Å². The maximum Gasteiger partial charge on any atom is 0.0795 e. The third kappa shape index (κ3) is 4.13. The second-order valence-electron chi connectivity index (χ2n) is 14.2. The molecule has 0 saturated heterocycles. The van der Waals surface area contributed by atoms with Gasteiger partial charge in [0.05, 0.1) is 39.0 Å². The van der Waals surface area contributed by atoms with E-state index in [1.807, 2.05) is 6.20 Å². The Morgan fingerprint density at radius 2 is 0.944 bits per heavy atom. The van der Waals surface area contributed by atoms with Gasteiger partial charge in [-0.05, 0) is 108 Å². The lowest BCUT2D eigenvalue weighted by atomic mass is 9.99. The van der Waals surface area contributed by atoms with E-state index in [1.165, 1.54) is 76.9 Å². The fraction of sp³-hybridized carbons (Fsp3) is 0. The van der Waals surface area contributed by atoms with Crippen LogP contribution < -0.4 is 0 Å². The van der Waals surface area contributed by atoms with Crippen LogP contribution in [0.5, 0.6) is 0 Å². The Balaban J connectivity index is 1.05. The third-order valence-electron chi connectivity index (χ3n) is 11.3. The summed E-state index contributed by atoms with van der Waals surface area (Å²) in [4.78, 5) is 9.96. The Kier molecular flexibility index (Phi) is 6.02. The van der Waals surface area contributed by atoms with Crippen LogP contribution in [0.3, 0.4) is 0 Å². The SMILES string of the molecule is c1ccc(-n2c3ccccc3c3cc(-c4ccc5c(c4)c4cc(-c6ccc7c(n6)-c6ccnc8cccc-7c68)ccc4n5-c4ccccc4)ccc32)cc1. The van der Waals surface area contributed by atoms with Crippen molar-refractivity contribution in [1.82, 2.24) is 19.1 Å². The van der Waals surface area contributed by atoms with Gasteiger partial charge in [-0.1, -0.05) is 84.9 Å². The molecule has 12 rings (SSSR count). The average Bonchev–Trinajstić information content (AvgIpc) is 3.87. The maximum absolute atomic E-state index is 5.32. The number of hydrogen-bond donors (Lipinski definition) is 0. The lowest BCUT2D eigenvalue weighted by molar-refractivity contribution is 1.18. The van der Waals surface area contributed by atoms with Gasteiger partial charge in [-0.15, -0.1) is 0 Å². The number of pyridine rings is 2. The molecule has 4 aromatic heterocycles. The van der Waals surface area contributed by atoms with E-state index in [0.29, 0.717) is 0 Å². The van der Waals surface area contributed by atoms with Gasteiger partial charge in [0.2, 0.25) is 0 Å². The molecular formula is C50H30N4. The first kappa shape index (κ1) is 29.3. The molecule has 0 atom stereocenters.